The van der Waals surface area contributed by atoms with E-state index in [1.807, 2.05) is 51.1 Å². The average molecular weight is 364 g/mol. The van der Waals surface area contributed by atoms with E-state index >= 15 is 0 Å². The van der Waals surface area contributed by atoms with Crippen molar-refractivity contribution >= 4 is 21.6 Å². The van der Waals surface area contributed by atoms with Gasteiger partial charge in [-0.25, -0.2) is 8.42 Å². The molecule has 3 rings (SSSR count). The molecule has 1 aliphatic rings. The molecular weight excluding hydrogens is 342 g/mol. The van der Waals surface area contributed by atoms with Crippen LogP contribution in [0.25, 0.3) is 0 Å². The van der Waals surface area contributed by atoms with Crippen molar-refractivity contribution in [3.8, 4) is 0 Å². The lowest BCUT2D eigenvalue weighted by atomic mass is 10.1. The van der Waals surface area contributed by atoms with E-state index in [0.29, 0.717) is 16.5 Å². The number of rotatable bonds is 3. The molecule has 0 aromatic heterocycles. The highest BCUT2D eigenvalue weighted by Crippen LogP contribution is 2.39. The van der Waals surface area contributed by atoms with Gasteiger partial charge in [-0.2, -0.15) is 4.31 Å². The summed E-state index contributed by atoms with van der Waals surface area (Å²) in [5, 5.41) is 0.626. The quantitative estimate of drug-likeness (QED) is 0.786. The minimum Gasteiger partial charge on any atom is -0.207 e. The number of hydrogen-bond acceptors (Lipinski definition) is 2. The zero-order valence-corrected chi connectivity index (χ0v) is 15.8. The fourth-order valence-electron chi connectivity index (χ4n) is 3.42. The Morgan fingerprint density at radius 3 is 2.42 bits per heavy atom. The molecule has 1 saturated heterocycles. The summed E-state index contributed by atoms with van der Waals surface area (Å²) < 4.78 is 28.2. The van der Waals surface area contributed by atoms with E-state index in [2.05, 4.69) is 0 Å². The molecule has 24 heavy (non-hydrogen) atoms. The van der Waals surface area contributed by atoms with E-state index in [0.717, 1.165) is 35.1 Å². The van der Waals surface area contributed by atoms with E-state index < -0.39 is 10.0 Å². The van der Waals surface area contributed by atoms with Gasteiger partial charge in [-0.3, -0.25) is 0 Å². The lowest BCUT2D eigenvalue weighted by molar-refractivity contribution is 0.396. The molecule has 0 spiro atoms. The van der Waals surface area contributed by atoms with Crippen LogP contribution in [0, 0.1) is 20.8 Å². The third-order valence-corrected chi connectivity index (χ3v) is 7.24. The summed E-state index contributed by atoms with van der Waals surface area (Å²) >= 11 is 6.32. The summed E-state index contributed by atoms with van der Waals surface area (Å²) in [6.07, 6.45) is 1.64. The van der Waals surface area contributed by atoms with Crippen molar-refractivity contribution < 1.29 is 8.42 Å². The van der Waals surface area contributed by atoms with Crippen LogP contribution >= 0.6 is 11.6 Å². The topological polar surface area (TPSA) is 37.4 Å². The maximum absolute atomic E-state index is 13.3. The van der Waals surface area contributed by atoms with Gasteiger partial charge in [0, 0.05) is 11.6 Å². The zero-order chi connectivity index (χ0) is 17.5. The first-order valence-corrected chi connectivity index (χ1v) is 9.98. The number of nitrogens with zero attached hydrogens (tertiary/aromatic N) is 1. The number of halogens is 1. The number of benzene rings is 2. The predicted octanol–water partition coefficient (Wildman–Crippen LogP) is 4.79. The van der Waals surface area contributed by atoms with Crippen molar-refractivity contribution in [1.82, 2.24) is 4.31 Å². The van der Waals surface area contributed by atoms with Gasteiger partial charge in [0.2, 0.25) is 10.0 Å². The number of hydrogen-bond donors (Lipinski definition) is 0. The van der Waals surface area contributed by atoms with Gasteiger partial charge in [-0.1, -0.05) is 35.9 Å². The van der Waals surface area contributed by atoms with Gasteiger partial charge in [0.15, 0.2) is 0 Å². The second kappa shape index (κ2) is 6.51. The zero-order valence-electron chi connectivity index (χ0n) is 14.2. The first-order chi connectivity index (χ1) is 11.3. The van der Waals surface area contributed by atoms with E-state index in [4.69, 9.17) is 11.6 Å². The smallest absolute Gasteiger partial charge is 0.207 e. The van der Waals surface area contributed by atoms with Crippen LogP contribution in [0.5, 0.6) is 0 Å². The third-order valence-electron chi connectivity index (χ3n) is 4.85. The molecule has 1 heterocycles. The molecule has 2 aromatic rings. The number of sulfonamides is 1. The van der Waals surface area contributed by atoms with Gasteiger partial charge >= 0.3 is 0 Å². The lowest BCUT2D eigenvalue weighted by Crippen LogP contribution is -2.31. The molecular formula is C19H22ClNO2S. The largest absolute Gasteiger partial charge is 0.243 e. The van der Waals surface area contributed by atoms with Gasteiger partial charge < -0.3 is 0 Å². The first kappa shape index (κ1) is 17.5. The van der Waals surface area contributed by atoms with E-state index in [1.54, 1.807) is 10.4 Å². The van der Waals surface area contributed by atoms with Crippen molar-refractivity contribution in [2.24, 2.45) is 0 Å². The summed E-state index contributed by atoms with van der Waals surface area (Å²) in [6.45, 7) is 6.34. The molecule has 0 aliphatic carbocycles. The molecule has 128 valence electrons. The van der Waals surface area contributed by atoms with Crippen LogP contribution in [0.2, 0.25) is 5.02 Å². The van der Waals surface area contributed by atoms with Crippen molar-refractivity contribution in [3.05, 3.63) is 63.7 Å². The van der Waals surface area contributed by atoms with Crippen molar-refractivity contribution in [3.63, 3.8) is 0 Å². The van der Waals surface area contributed by atoms with Crippen LogP contribution in [0.3, 0.4) is 0 Å². The minimum absolute atomic E-state index is 0.190. The fourth-order valence-corrected chi connectivity index (χ4v) is 5.65. The molecule has 0 bridgehead atoms. The molecule has 5 heteroatoms. The molecule has 1 fully saturated rings. The van der Waals surface area contributed by atoms with Gasteiger partial charge in [0.25, 0.3) is 0 Å². The van der Waals surface area contributed by atoms with Crippen LogP contribution in [0.15, 0.2) is 41.3 Å². The lowest BCUT2D eigenvalue weighted by Gasteiger charge is -2.26. The standard InChI is InChI=1S/C19H22ClNO2S/c1-13-11-15(3)19(12-14(13)2)24(22,23)21-10-6-9-18(21)16-7-4-5-8-17(16)20/h4-5,7-8,11-12,18H,6,9-10H2,1-3H3. The Morgan fingerprint density at radius 2 is 1.71 bits per heavy atom. The van der Waals surface area contributed by atoms with Crippen LogP contribution in [0.4, 0.5) is 0 Å². The Hall–Kier alpha value is -1.36. The second-order valence-corrected chi connectivity index (χ2v) is 8.76. The molecule has 0 radical (unpaired) electrons. The van der Waals surface area contributed by atoms with Crippen molar-refractivity contribution in [2.75, 3.05) is 6.54 Å². The highest BCUT2D eigenvalue weighted by Gasteiger charge is 2.37. The van der Waals surface area contributed by atoms with Gasteiger partial charge in [0.1, 0.15) is 0 Å². The van der Waals surface area contributed by atoms with Gasteiger partial charge in [-0.15, -0.1) is 0 Å². The van der Waals surface area contributed by atoms with E-state index in [-0.39, 0.29) is 6.04 Å². The summed E-state index contributed by atoms with van der Waals surface area (Å²) in [6, 6.07) is 11.1. The number of aryl methyl sites for hydroxylation is 3. The molecule has 1 unspecified atom stereocenters. The summed E-state index contributed by atoms with van der Waals surface area (Å²) in [4.78, 5) is 0.407. The Morgan fingerprint density at radius 1 is 1.04 bits per heavy atom. The van der Waals surface area contributed by atoms with Crippen LogP contribution in [-0.2, 0) is 10.0 Å². The van der Waals surface area contributed by atoms with E-state index in [1.165, 1.54) is 0 Å². The Bertz CT molecular complexity index is 877. The highest BCUT2D eigenvalue weighted by atomic mass is 35.5. The molecule has 1 aliphatic heterocycles. The highest BCUT2D eigenvalue weighted by molar-refractivity contribution is 7.89. The molecule has 0 N–H and O–H groups in total. The van der Waals surface area contributed by atoms with Gasteiger partial charge in [0.05, 0.1) is 10.9 Å². The molecule has 3 nitrogen and oxygen atoms in total. The maximum Gasteiger partial charge on any atom is 0.243 e. The summed E-state index contributed by atoms with van der Waals surface area (Å²) in [7, 11) is -3.55. The normalized spacial score (nSPS) is 18.9. The molecule has 0 amide bonds. The average Bonchev–Trinajstić information content (AvgIpc) is 3.01. The van der Waals surface area contributed by atoms with Crippen molar-refractivity contribution in [2.45, 2.75) is 44.6 Å². The Labute approximate surface area is 149 Å². The van der Waals surface area contributed by atoms with Gasteiger partial charge in [-0.05, 0) is 68.0 Å². The van der Waals surface area contributed by atoms with Crippen LogP contribution < -0.4 is 0 Å². The first-order valence-electron chi connectivity index (χ1n) is 8.16. The summed E-state index contributed by atoms with van der Waals surface area (Å²) in [5.41, 5.74) is 3.79. The SMILES string of the molecule is Cc1cc(C)c(S(=O)(=O)N2CCCC2c2ccccc2Cl)cc1C. The fraction of sp³-hybridized carbons (Fsp3) is 0.368. The monoisotopic (exact) mass is 363 g/mol. The van der Waals surface area contributed by atoms with Crippen LogP contribution in [0.1, 0.15) is 41.1 Å². The second-order valence-electron chi connectivity index (χ2n) is 6.50. The maximum atomic E-state index is 13.3. The minimum atomic E-state index is -3.55. The third kappa shape index (κ3) is 2.99. The molecule has 1 atom stereocenters. The summed E-state index contributed by atoms with van der Waals surface area (Å²) in [5.74, 6) is 0. The van der Waals surface area contributed by atoms with E-state index in [9.17, 15) is 8.42 Å². The predicted molar refractivity (Wildman–Crippen MR) is 98.0 cm³/mol. The Balaban J connectivity index is 2.06. The Kier molecular flexibility index (Phi) is 4.73. The van der Waals surface area contributed by atoms with Crippen LogP contribution in [-0.4, -0.2) is 19.3 Å². The molecule has 2 aromatic carbocycles. The molecule has 0 saturated carbocycles. The van der Waals surface area contributed by atoms with Crippen molar-refractivity contribution in [1.29, 1.82) is 0 Å².